The fourth-order valence-electron chi connectivity index (χ4n) is 3.57. The molecule has 0 aliphatic heterocycles. The third kappa shape index (κ3) is 9.25. The van der Waals surface area contributed by atoms with Gasteiger partial charge in [0.1, 0.15) is 29.6 Å². The minimum Gasteiger partial charge on any atom is -0.494 e. The Balaban J connectivity index is 1.20. The van der Waals surface area contributed by atoms with Crippen molar-refractivity contribution in [3.63, 3.8) is 0 Å². The van der Waals surface area contributed by atoms with Gasteiger partial charge in [0.15, 0.2) is 6.10 Å². The van der Waals surface area contributed by atoms with Crippen LogP contribution < -0.4 is 24.4 Å². The molecule has 0 spiro atoms. The van der Waals surface area contributed by atoms with Crippen LogP contribution in [-0.2, 0) is 11.4 Å². The van der Waals surface area contributed by atoms with Crippen molar-refractivity contribution in [2.75, 3.05) is 6.61 Å². The molecule has 8 nitrogen and oxygen atoms in total. The summed E-state index contributed by atoms with van der Waals surface area (Å²) in [7, 11) is 0. The van der Waals surface area contributed by atoms with Gasteiger partial charge in [-0.25, -0.2) is 10.2 Å². The van der Waals surface area contributed by atoms with Crippen LogP contribution in [0.15, 0.2) is 108 Å². The Kier molecular flexibility index (Phi) is 10.5. The van der Waals surface area contributed by atoms with E-state index in [0.717, 1.165) is 12.0 Å². The van der Waals surface area contributed by atoms with Crippen LogP contribution in [-0.4, -0.2) is 30.8 Å². The molecule has 0 saturated heterocycles. The minimum absolute atomic E-state index is 0.390. The summed E-state index contributed by atoms with van der Waals surface area (Å²) in [6.45, 7) is 4.76. The molecule has 210 valence electrons. The zero-order valence-electron chi connectivity index (χ0n) is 23.0. The number of amides is 1. The highest BCUT2D eigenvalue weighted by Crippen LogP contribution is 2.20. The lowest BCUT2D eigenvalue weighted by atomic mass is 10.2. The van der Waals surface area contributed by atoms with E-state index in [0.29, 0.717) is 47.3 Å². The highest BCUT2D eigenvalue weighted by atomic mass is 16.5. The lowest BCUT2D eigenvalue weighted by Gasteiger charge is -2.13. The molecule has 0 bridgehead atoms. The Morgan fingerprint density at radius 1 is 0.780 bits per heavy atom. The maximum absolute atomic E-state index is 12.4. The van der Waals surface area contributed by atoms with Crippen LogP contribution in [0.5, 0.6) is 23.0 Å². The first kappa shape index (κ1) is 28.9. The van der Waals surface area contributed by atoms with Crippen molar-refractivity contribution in [2.24, 2.45) is 5.10 Å². The normalized spacial score (nSPS) is 11.5. The number of hydrogen-bond acceptors (Lipinski definition) is 7. The number of nitrogens with zero attached hydrogens (tertiary/aromatic N) is 1. The van der Waals surface area contributed by atoms with Gasteiger partial charge in [-0.15, -0.1) is 0 Å². The average molecular weight is 553 g/mol. The van der Waals surface area contributed by atoms with Gasteiger partial charge in [-0.05, 0) is 97.3 Å². The maximum atomic E-state index is 12.4. The molecule has 0 heterocycles. The summed E-state index contributed by atoms with van der Waals surface area (Å²) in [6, 6.07) is 30.5. The molecule has 1 N–H and O–H groups in total. The Morgan fingerprint density at radius 2 is 1.39 bits per heavy atom. The van der Waals surface area contributed by atoms with Gasteiger partial charge in [-0.2, -0.15) is 5.10 Å². The van der Waals surface area contributed by atoms with Gasteiger partial charge < -0.3 is 18.9 Å². The molecule has 4 aromatic carbocycles. The SMILES string of the molecule is CCCOc1ccc(C(=O)Oc2ccc(C=NNC(=O)C(C)Oc3ccc(OCc4ccccc4)cc3)cc2)cc1. The number of esters is 1. The van der Waals surface area contributed by atoms with Gasteiger partial charge >= 0.3 is 5.97 Å². The third-order valence-corrected chi connectivity index (χ3v) is 5.80. The minimum atomic E-state index is -0.766. The molecule has 0 radical (unpaired) electrons. The van der Waals surface area contributed by atoms with Crippen LogP contribution >= 0.6 is 0 Å². The zero-order chi connectivity index (χ0) is 28.9. The van der Waals surface area contributed by atoms with Crippen molar-refractivity contribution in [1.29, 1.82) is 0 Å². The summed E-state index contributed by atoms with van der Waals surface area (Å²) in [5.41, 5.74) is 4.68. The first-order valence-electron chi connectivity index (χ1n) is 13.3. The first-order chi connectivity index (χ1) is 20.0. The Hall–Kier alpha value is -5.11. The van der Waals surface area contributed by atoms with Crippen molar-refractivity contribution in [3.05, 3.63) is 120 Å². The van der Waals surface area contributed by atoms with Gasteiger partial charge in [0.05, 0.1) is 18.4 Å². The summed E-state index contributed by atoms with van der Waals surface area (Å²) in [5, 5.41) is 3.99. The van der Waals surface area contributed by atoms with Crippen molar-refractivity contribution in [1.82, 2.24) is 5.43 Å². The lowest BCUT2D eigenvalue weighted by Crippen LogP contribution is -2.33. The van der Waals surface area contributed by atoms with E-state index in [1.165, 1.54) is 6.21 Å². The maximum Gasteiger partial charge on any atom is 0.343 e. The number of benzene rings is 4. The highest BCUT2D eigenvalue weighted by Gasteiger charge is 2.14. The van der Waals surface area contributed by atoms with Crippen LogP contribution in [0.4, 0.5) is 0 Å². The number of carbonyl (C=O) groups excluding carboxylic acids is 2. The molecule has 4 aromatic rings. The van der Waals surface area contributed by atoms with E-state index < -0.39 is 18.0 Å². The summed E-state index contributed by atoms with van der Waals surface area (Å²) >= 11 is 0. The second-order valence-electron chi connectivity index (χ2n) is 9.07. The molecular formula is C33H32N2O6. The molecule has 1 amide bonds. The van der Waals surface area contributed by atoms with E-state index in [-0.39, 0.29) is 0 Å². The molecule has 0 aromatic heterocycles. The Morgan fingerprint density at radius 3 is 2.07 bits per heavy atom. The molecule has 0 aliphatic carbocycles. The van der Waals surface area contributed by atoms with Crippen molar-refractivity contribution in [3.8, 4) is 23.0 Å². The van der Waals surface area contributed by atoms with Crippen molar-refractivity contribution < 1.29 is 28.5 Å². The topological polar surface area (TPSA) is 95.5 Å². The van der Waals surface area contributed by atoms with Gasteiger partial charge in [0.25, 0.3) is 5.91 Å². The lowest BCUT2D eigenvalue weighted by molar-refractivity contribution is -0.127. The molecule has 0 saturated carbocycles. The average Bonchev–Trinajstić information content (AvgIpc) is 3.01. The monoisotopic (exact) mass is 552 g/mol. The fourth-order valence-corrected chi connectivity index (χ4v) is 3.57. The standard InChI is InChI=1S/C33H32N2O6/c1-3-21-38-28-15-11-27(12-16-28)33(37)41-31-13-9-25(10-14-31)22-34-35-32(36)24(2)40-30-19-17-29(18-20-30)39-23-26-7-5-4-6-8-26/h4-20,22,24H,3,21,23H2,1-2H3,(H,35,36). The van der Waals surface area contributed by atoms with Gasteiger partial charge in [0, 0.05) is 0 Å². The first-order valence-corrected chi connectivity index (χ1v) is 13.3. The number of hydrogen-bond donors (Lipinski definition) is 1. The predicted molar refractivity (Wildman–Crippen MR) is 157 cm³/mol. The molecular weight excluding hydrogens is 520 g/mol. The van der Waals surface area contributed by atoms with Crippen LogP contribution in [0, 0.1) is 0 Å². The van der Waals surface area contributed by atoms with E-state index >= 15 is 0 Å². The van der Waals surface area contributed by atoms with E-state index in [9.17, 15) is 9.59 Å². The number of hydrazone groups is 1. The van der Waals surface area contributed by atoms with Crippen LogP contribution in [0.25, 0.3) is 0 Å². The van der Waals surface area contributed by atoms with Gasteiger partial charge in [-0.1, -0.05) is 37.3 Å². The van der Waals surface area contributed by atoms with Gasteiger partial charge in [-0.3, -0.25) is 4.79 Å². The third-order valence-electron chi connectivity index (χ3n) is 5.80. The zero-order valence-corrected chi connectivity index (χ0v) is 23.0. The van der Waals surface area contributed by atoms with Crippen molar-refractivity contribution >= 4 is 18.1 Å². The van der Waals surface area contributed by atoms with Gasteiger partial charge in [0.2, 0.25) is 0 Å². The smallest absolute Gasteiger partial charge is 0.343 e. The van der Waals surface area contributed by atoms with E-state index in [1.54, 1.807) is 79.7 Å². The molecule has 1 atom stereocenters. The molecule has 41 heavy (non-hydrogen) atoms. The number of rotatable bonds is 13. The number of carbonyl (C=O) groups is 2. The molecule has 4 rings (SSSR count). The molecule has 0 aliphatic rings. The van der Waals surface area contributed by atoms with Crippen molar-refractivity contribution in [2.45, 2.75) is 33.0 Å². The second kappa shape index (κ2) is 14.9. The predicted octanol–water partition coefficient (Wildman–Crippen LogP) is 6.19. The quantitative estimate of drug-likeness (QED) is 0.0920. The Bertz CT molecular complexity index is 1420. The van der Waals surface area contributed by atoms with E-state index in [4.69, 9.17) is 18.9 Å². The summed E-state index contributed by atoms with van der Waals surface area (Å²) in [5.74, 6) is 1.47. The summed E-state index contributed by atoms with van der Waals surface area (Å²) in [6.07, 6.45) is 1.63. The van der Waals surface area contributed by atoms with Crippen LogP contribution in [0.3, 0.4) is 0 Å². The second-order valence-corrected chi connectivity index (χ2v) is 9.07. The Labute approximate surface area is 239 Å². The summed E-state index contributed by atoms with van der Waals surface area (Å²) in [4.78, 5) is 24.8. The highest BCUT2D eigenvalue weighted by molar-refractivity contribution is 5.91. The molecule has 1 unspecified atom stereocenters. The number of nitrogens with one attached hydrogen (secondary N) is 1. The molecule has 0 fully saturated rings. The van der Waals surface area contributed by atoms with Crippen LogP contribution in [0.1, 0.15) is 41.8 Å². The summed E-state index contributed by atoms with van der Waals surface area (Å²) < 4.78 is 22.4. The molecule has 8 heteroatoms. The van der Waals surface area contributed by atoms with Crippen LogP contribution in [0.2, 0.25) is 0 Å². The number of ether oxygens (including phenoxy) is 4. The van der Waals surface area contributed by atoms with E-state index in [2.05, 4.69) is 10.5 Å². The fraction of sp³-hybridized carbons (Fsp3) is 0.182. The van der Waals surface area contributed by atoms with E-state index in [1.807, 2.05) is 37.3 Å². The largest absolute Gasteiger partial charge is 0.494 e.